The third-order valence-corrected chi connectivity index (χ3v) is 8.05. The third-order valence-electron chi connectivity index (χ3n) is 3.69. The van der Waals surface area contributed by atoms with Crippen LogP contribution < -0.4 is 4.43 Å². The number of hydrogen-bond donors (Lipinski definition) is 0. The topological polar surface area (TPSA) is 9.23 Å². The summed E-state index contributed by atoms with van der Waals surface area (Å²) in [4.78, 5) is 0. The van der Waals surface area contributed by atoms with Gasteiger partial charge in [0, 0.05) is 0 Å². The van der Waals surface area contributed by atoms with Crippen LogP contribution in [-0.2, 0) is 6.42 Å². The van der Waals surface area contributed by atoms with Gasteiger partial charge in [-0.25, -0.2) is 0 Å². The lowest BCUT2D eigenvalue weighted by atomic mass is 10.1. The number of hydrogen-bond acceptors (Lipinski definition) is 1. The first kappa shape index (κ1) is 15.0. The minimum atomic E-state index is -1.70. The van der Waals surface area contributed by atoms with Gasteiger partial charge in [-0.05, 0) is 49.2 Å². The van der Waals surface area contributed by atoms with Crippen LogP contribution in [0.3, 0.4) is 0 Å². The van der Waals surface area contributed by atoms with Crippen LogP contribution in [-0.4, -0.2) is 8.32 Å². The van der Waals surface area contributed by atoms with Crippen molar-refractivity contribution in [2.75, 3.05) is 0 Å². The van der Waals surface area contributed by atoms with E-state index >= 15 is 0 Å². The largest absolute Gasteiger partial charge is 0.544 e. The van der Waals surface area contributed by atoms with E-state index in [4.69, 9.17) is 4.43 Å². The van der Waals surface area contributed by atoms with E-state index < -0.39 is 8.32 Å². The smallest absolute Gasteiger partial charge is 0.250 e. The Morgan fingerprint density at radius 1 is 1.11 bits per heavy atom. The highest BCUT2D eigenvalue weighted by molar-refractivity contribution is 6.74. The molecule has 0 bridgehead atoms. The van der Waals surface area contributed by atoms with E-state index in [0.29, 0.717) is 0 Å². The molecule has 1 rings (SSSR count). The fourth-order valence-electron chi connectivity index (χ4n) is 1.40. The highest BCUT2D eigenvalue weighted by atomic mass is 28.4. The molecular weight excluding hydrogens is 236 g/mol. The normalized spacial score (nSPS) is 13.0. The van der Waals surface area contributed by atoms with Crippen molar-refractivity contribution < 1.29 is 4.43 Å². The Bertz CT molecular complexity index is 396. The Balaban J connectivity index is 2.75. The van der Waals surface area contributed by atoms with Crippen LogP contribution in [0.2, 0.25) is 18.1 Å². The van der Waals surface area contributed by atoms with Crippen molar-refractivity contribution in [3.8, 4) is 5.75 Å². The monoisotopic (exact) mass is 262 g/mol. The summed E-state index contributed by atoms with van der Waals surface area (Å²) in [5.74, 6) is 1.01. The average Bonchev–Trinajstić information content (AvgIpc) is 2.26. The maximum Gasteiger partial charge on any atom is 0.250 e. The summed E-state index contributed by atoms with van der Waals surface area (Å²) >= 11 is 0. The van der Waals surface area contributed by atoms with E-state index in [9.17, 15) is 0 Å². The molecule has 0 radical (unpaired) electrons. The van der Waals surface area contributed by atoms with Crippen LogP contribution >= 0.6 is 0 Å². The van der Waals surface area contributed by atoms with E-state index in [2.05, 4.69) is 77.2 Å². The Morgan fingerprint density at radius 2 is 1.67 bits per heavy atom. The third kappa shape index (κ3) is 4.02. The number of rotatable bonds is 4. The molecule has 0 aliphatic carbocycles. The summed E-state index contributed by atoms with van der Waals surface area (Å²) in [6, 6.07) is 8.50. The molecule has 0 N–H and O–H groups in total. The van der Waals surface area contributed by atoms with Gasteiger partial charge in [-0.15, -0.1) is 0 Å². The zero-order valence-corrected chi connectivity index (χ0v) is 13.6. The molecule has 0 fully saturated rings. The molecule has 0 aliphatic rings. The van der Waals surface area contributed by atoms with E-state index in [0.717, 1.165) is 12.2 Å². The number of benzene rings is 1. The van der Waals surface area contributed by atoms with E-state index in [1.807, 2.05) is 0 Å². The van der Waals surface area contributed by atoms with Crippen molar-refractivity contribution in [3.05, 3.63) is 42.0 Å². The van der Waals surface area contributed by atoms with Crippen molar-refractivity contribution >= 4 is 8.32 Å². The second kappa shape index (κ2) is 5.74. The number of allylic oxidation sites excluding steroid dienone is 2. The second-order valence-electron chi connectivity index (χ2n) is 6.28. The van der Waals surface area contributed by atoms with Crippen LogP contribution in [0.4, 0.5) is 0 Å². The van der Waals surface area contributed by atoms with Gasteiger partial charge < -0.3 is 4.43 Å². The van der Waals surface area contributed by atoms with Gasteiger partial charge in [0.05, 0.1) is 0 Å². The first-order chi connectivity index (χ1) is 8.26. The summed E-state index contributed by atoms with van der Waals surface area (Å²) < 4.78 is 6.25. The molecule has 1 nitrogen and oxygen atoms in total. The highest BCUT2D eigenvalue weighted by Crippen LogP contribution is 2.37. The van der Waals surface area contributed by atoms with Gasteiger partial charge in [0.2, 0.25) is 8.32 Å². The molecule has 0 saturated carbocycles. The van der Waals surface area contributed by atoms with E-state index in [1.54, 1.807) is 0 Å². The predicted molar refractivity (Wildman–Crippen MR) is 82.8 cm³/mol. The first-order valence-electron chi connectivity index (χ1n) is 6.65. The molecular formula is C16H26OSi. The maximum atomic E-state index is 6.25. The molecule has 1 aromatic carbocycles. The fraction of sp³-hybridized carbons (Fsp3) is 0.500. The quantitative estimate of drug-likeness (QED) is 0.536. The Hall–Kier alpha value is -1.02. The van der Waals surface area contributed by atoms with Crippen LogP contribution in [0.5, 0.6) is 5.75 Å². The Morgan fingerprint density at radius 3 is 2.11 bits per heavy atom. The maximum absolute atomic E-state index is 6.25. The molecule has 100 valence electrons. The van der Waals surface area contributed by atoms with Gasteiger partial charge in [0.25, 0.3) is 0 Å². The summed E-state index contributed by atoms with van der Waals surface area (Å²) in [6.07, 6.45) is 5.25. The standard InChI is InChI=1S/C16H26OSi/c1-7-8-9-14-10-12-15(13-11-14)17-18(5,6)16(2,3)4/h7-8,10-13H,9H2,1-6H3/b8-7+. The molecule has 0 amide bonds. The van der Waals surface area contributed by atoms with Gasteiger partial charge in [-0.1, -0.05) is 45.1 Å². The average molecular weight is 262 g/mol. The molecule has 0 aliphatic heterocycles. The van der Waals surface area contributed by atoms with Crippen molar-refractivity contribution in [1.82, 2.24) is 0 Å². The van der Waals surface area contributed by atoms with Crippen molar-refractivity contribution in [2.45, 2.75) is 52.2 Å². The zero-order valence-electron chi connectivity index (χ0n) is 12.6. The molecule has 0 saturated heterocycles. The zero-order chi connectivity index (χ0) is 13.8. The van der Waals surface area contributed by atoms with Gasteiger partial charge in [-0.2, -0.15) is 0 Å². The van der Waals surface area contributed by atoms with Crippen molar-refractivity contribution in [2.24, 2.45) is 0 Å². The summed E-state index contributed by atoms with van der Waals surface area (Å²) in [5.41, 5.74) is 1.33. The highest BCUT2D eigenvalue weighted by Gasteiger charge is 2.38. The van der Waals surface area contributed by atoms with Crippen molar-refractivity contribution in [3.63, 3.8) is 0 Å². The minimum Gasteiger partial charge on any atom is -0.544 e. The molecule has 0 unspecified atom stereocenters. The van der Waals surface area contributed by atoms with Gasteiger partial charge in [-0.3, -0.25) is 0 Å². The second-order valence-corrected chi connectivity index (χ2v) is 11.0. The Kier molecular flexibility index (Phi) is 4.80. The van der Waals surface area contributed by atoms with Gasteiger partial charge in [0.15, 0.2) is 0 Å². The first-order valence-corrected chi connectivity index (χ1v) is 9.56. The molecule has 0 aromatic heterocycles. The Labute approximate surface area is 113 Å². The molecule has 0 heterocycles. The summed E-state index contributed by atoms with van der Waals surface area (Å²) in [5, 5.41) is 0.247. The molecule has 0 atom stereocenters. The molecule has 1 aromatic rings. The molecule has 2 heteroatoms. The molecule has 18 heavy (non-hydrogen) atoms. The summed E-state index contributed by atoms with van der Waals surface area (Å²) in [7, 11) is -1.70. The van der Waals surface area contributed by atoms with E-state index in [-0.39, 0.29) is 5.04 Å². The van der Waals surface area contributed by atoms with Crippen LogP contribution in [0, 0.1) is 0 Å². The lowest BCUT2D eigenvalue weighted by molar-refractivity contribution is 0.492. The van der Waals surface area contributed by atoms with Crippen LogP contribution in [0.15, 0.2) is 36.4 Å². The van der Waals surface area contributed by atoms with Gasteiger partial charge in [0.1, 0.15) is 5.75 Å². The SMILES string of the molecule is C/C=C/Cc1ccc(O[Si](C)(C)C(C)(C)C)cc1. The lowest BCUT2D eigenvalue weighted by Crippen LogP contribution is -2.43. The lowest BCUT2D eigenvalue weighted by Gasteiger charge is -2.36. The van der Waals surface area contributed by atoms with Crippen LogP contribution in [0.1, 0.15) is 33.3 Å². The fourth-order valence-corrected chi connectivity index (χ4v) is 2.43. The van der Waals surface area contributed by atoms with E-state index in [1.165, 1.54) is 5.56 Å². The summed E-state index contributed by atoms with van der Waals surface area (Å²) in [6.45, 7) is 13.4. The predicted octanol–water partition coefficient (Wildman–Crippen LogP) is 5.19. The van der Waals surface area contributed by atoms with Crippen molar-refractivity contribution in [1.29, 1.82) is 0 Å². The van der Waals surface area contributed by atoms with Crippen LogP contribution in [0.25, 0.3) is 0 Å². The van der Waals surface area contributed by atoms with Gasteiger partial charge >= 0.3 is 0 Å². The minimum absolute atomic E-state index is 0.247. The molecule has 0 spiro atoms.